The van der Waals surface area contributed by atoms with Crippen LogP contribution >= 0.6 is 11.6 Å². The molecule has 2 aromatic carbocycles. The molecular weight excluding hydrogens is 520 g/mol. The number of aromatic amines is 1. The first-order chi connectivity index (χ1) is 18.4. The van der Waals surface area contributed by atoms with Gasteiger partial charge in [-0.2, -0.15) is 0 Å². The zero-order valence-electron chi connectivity index (χ0n) is 21.5. The number of fused-ring (bicyclic) bond motifs is 1. The van der Waals surface area contributed by atoms with E-state index in [1.807, 2.05) is 48.9 Å². The molecule has 2 aromatic heterocycles. The van der Waals surface area contributed by atoms with E-state index in [1.54, 1.807) is 13.3 Å². The van der Waals surface area contributed by atoms with Gasteiger partial charge in [0.2, 0.25) is 5.95 Å². The van der Waals surface area contributed by atoms with Crippen LogP contribution in [-0.4, -0.2) is 56.9 Å². The molecule has 38 heavy (non-hydrogen) atoms. The fraction of sp³-hybridized carbons (Fsp3) is 0.357. The lowest BCUT2D eigenvalue weighted by atomic mass is 10.1. The van der Waals surface area contributed by atoms with Gasteiger partial charge in [0.1, 0.15) is 5.75 Å². The Balaban J connectivity index is 1.19. The molecule has 3 heterocycles. The number of halogens is 1. The molecule has 0 spiro atoms. The van der Waals surface area contributed by atoms with Crippen molar-refractivity contribution in [3.63, 3.8) is 0 Å². The number of anilines is 3. The molecule has 2 N–H and O–H groups in total. The first kappa shape index (κ1) is 25.0. The molecule has 1 aliphatic heterocycles. The van der Waals surface area contributed by atoms with Crippen molar-refractivity contribution in [1.29, 1.82) is 0 Å². The van der Waals surface area contributed by atoms with Crippen LogP contribution < -0.4 is 15.0 Å². The molecule has 2 aliphatic rings. The maximum absolute atomic E-state index is 12.8. The fourth-order valence-electron chi connectivity index (χ4n) is 5.10. The van der Waals surface area contributed by atoms with E-state index in [0.29, 0.717) is 27.7 Å². The number of methoxy groups -OCH3 is 1. The van der Waals surface area contributed by atoms with Crippen molar-refractivity contribution in [3.05, 3.63) is 59.9 Å². The van der Waals surface area contributed by atoms with Crippen LogP contribution in [0.3, 0.4) is 0 Å². The second-order valence-electron chi connectivity index (χ2n) is 10.0. The summed E-state index contributed by atoms with van der Waals surface area (Å²) < 4.78 is 23.2. The average Bonchev–Trinajstić information content (AvgIpc) is 3.71. The fourth-order valence-corrected chi connectivity index (χ4v) is 7.28. The number of para-hydroxylation sites is 1. The third kappa shape index (κ3) is 5.05. The van der Waals surface area contributed by atoms with Crippen molar-refractivity contribution in [2.24, 2.45) is 4.36 Å². The van der Waals surface area contributed by atoms with Crippen LogP contribution in [0.15, 0.2) is 59.2 Å². The van der Waals surface area contributed by atoms with Crippen LogP contribution in [0.5, 0.6) is 5.75 Å². The van der Waals surface area contributed by atoms with Crippen molar-refractivity contribution in [1.82, 2.24) is 15.0 Å². The molecule has 4 aromatic rings. The first-order valence-corrected chi connectivity index (χ1v) is 15.3. The molecule has 1 saturated heterocycles. The molecule has 1 atom stereocenters. The highest BCUT2D eigenvalue weighted by Crippen LogP contribution is 2.36. The summed E-state index contributed by atoms with van der Waals surface area (Å²) in [5.74, 6) is 1.13. The van der Waals surface area contributed by atoms with Crippen LogP contribution in [0.1, 0.15) is 25.7 Å². The summed E-state index contributed by atoms with van der Waals surface area (Å²) in [6.45, 7) is 1.75. The van der Waals surface area contributed by atoms with E-state index < -0.39 is 9.73 Å². The zero-order valence-corrected chi connectivity index (χ0v) is 23.1. The summed E-state index contributed by atoms with van der Waals surface area (Å²) >= 11 is 6.50. The minimum Gasteiger partial charge on any atom is -0.494 e. The summed E-state index contributed by atoms with van der Waals surface area (Å²) in [6, 6.07) is 14.3. The molecule has 0 amide bonds. The summed E-state index contributed by atoms with van der Waals surface area (Å²) in [5, 5.41) is 5.14. The van der Waals surface area contributed by atoms with E-state index in [-0.39, 0.29) is 6.04 Å². The molecule has 10 heteroatoms. The molecule has 198 valence electrons. The minimum absolute atomic E-state index is 0.181. The summed E-state index contributed by atoms with van der Waals surface area (Å²) in [5.41, 5.74) is 4.45. The summed E-state index contributed by atoms with van der Waals surface area (Å²) in [4.78, 5) is 14.7. The highest BCUT2D eigenvalue weighted by Gasteiger charge is 2.32. The molecule has 2 fully saturated rings. The van der Waals surface area contributed by atoms with E-state index in [9.17, 15) is 4.21 Å². The molecule has 0 radical (unpaired) electrons. The number of H-pyrrole nitrogens is 1. The van der Waals surface area contributed by atoms with E-state index in [4.69, 9.17) is 25.7 Å². The van der Waals surface area contributed by atoms with Crippen LogP contribution in [0.4, 0.5) is 17.3 Å². The standard InChI is InChI=1S/C28H31ClN6O2S/c1-37-26-15-19(35-13-11-18(12-14-35)34-38(2,36)20-8-9-20)7-10-25(26)32-28-31-17-23(29)27(33-28)22-16-30-24-6-4-3-5-21(22)24/h3-7,10,15-18,20,30H,8-9,11-14H2,1-2H3,(H,31,32,33). The van der Waals surface area contributed by atoms with E-state index >= 15 is 0 Å². The molecule has 0 bridgehead atoms. The smallest absolute Gasteiger partial charge is 0.227 e. The average molecular weight is 551 g/mol. The Morgan fingerprint density at radius 1 is 1.16 bits per heavy atom. The van der Waals surface area contributed by atoms with Gasteiger partial charge >= 0.3 is 0 Å². The van der Waals surface area contributed by atoms with Gasteiger partial charge in [0.05, 0.1) is 35.8 Å². The van der Waals surface area contributed by atoms with Crippen LogP contribution in [0, 0.1) is 0 Å². The quantitative estimate of drug-likeness (QED) is 0.282. The van der Waals surface area contributed by atoms with Crippen molar-refractivity contribution in [2.45, 2.75) is 37.0 Å². The number of hydrogen-bond acceptors (Lipinski definition) is 7. The topological polar surface area (TPSA) is 95.5 Å². The van der Waals surface area contributed by atoms with Crippen LogP contribution in [-0.2, 0) is 9.73 Å². The van der Waals surface area contributed by atoms with Gasteiger partial charge in [-0.25, -0.2) is 18.5 Å². The predicted octanol–water partition coefficient (Wildman–Crippen LogP) is 6.26. The number of rotatable bonds is 7. The van der Waals surface area contributed by atoms with Gasteiger partial charge in [-0.1, -0.05) is 29.8 Å². The second-order valence-corrected chi connectivity index (χ2v) is 13.0. The summed E-state index contributed by atoms with van der Waals surface area (Å²) in [6.07, 6.45) is 9.30. The monoisotopic (exact) mass is 550 g/mol. The Morgan fingerprint density at radius 3 is 2.71 bits per heavy atom. The Labute approximate surface area is 228 Å². The lowest BCUT2D eigenvalue weighted by molar-refractivity contribution is 0.416. The van der Waals surface area contributed by atoms with Gasteiger partial charge in [-0.3, -0.25) is 0 Å². The summed E-state index contributed by atoms with van der Waals surface area (Å²) in [7, 11) is -0.382. The largest absolute Gasteiger partial charge is 0.494 e. The van der Waals surface area contributed by atoms with Crippen molar-refractivity contribution in [2.75, 3.05) is 36.7 Å². The Morgan fingerprint density at radius 2 is 1.95 bits per heavy atom. The molecule has 8 nitrogen and oxygen atoms in total. The van der Waals surface area contributed by atoms with Gasteiger partial charge in [0, 0.05) is 68.7 Å². The first-order valence-electron chi connectivity index (χ1n) is 12.9. The number of aromatic nitrogens is 3. The van der Waals surface area contributed by atoms with Gasteiger partial charge in [0.25, 0.3) is 0 Å². The number of piperidine rings is 1. The Bertz CT molecular complexity index is 1600. The SMILES string of the molecule is COc1cc(N2CCC(N=S(C)(=O)C3CC3)CC2)ccc1Nc1ncc(Cl)c(-c2c[nH]c3ccccc23)n1. The third-order valence-electron chi connectivity index (χ3n) is 7.35. The number of nitrogens with zero attached hydrogens (tertiary/aromatic N) is 4. The zero-order chi connectivity index (χ0) is 26.3. The number of nitrogens with one attached hydrogen (secondary N) is 2. The Hall–Kier alpha value is -3.30. The lowest BCUT2D eigenvalue weighted by Crippen LogP contribution is -2.35. The molecular formula is C28H31ClN6O2S. The number of hydrogen-bond donors (Lipinski definition) is 2. The van der Waals surface area contributed by atoms with E-state index in [1.165, 1.54) is 0 Å². The minimum atomic E-state index is -2.04. The maximum Gasteiger partial charge on any atom is 0.227 e. The van der Waals surface area contributed by atoms with Crippen molar-refractivity contribution < 1.29 is 8.95 Å². The predicted molar refractivity (Wildman–Crippen MR) is 155 cm³/mol. The Kier molecular flexibility index (Phi) is 6.65. The van der Waals surface area contributed by atoms with Crippen LogP contribution in [0.2, 0.25) is 5.02 Å². The highest BCUT2D eigenvalue weighted by atomic mass is 35.5. The van der Waals surface area contributed by atoms with E-state index in [0.717, 1.165) is 66.6 Å². The van der Waals surface area contributed by atoms with E-state index in [2.05, 4.69) is 26.3 Å². The molecule has 1 unspecified atom stereocenters. The van der Waals surface area contributed by atoms with Gasteiger partial charge in [-0.15, -0.1) is 0 Å². The second kappa shape index (κ2) is 10.1. The third-order valence-corrected chi connectivity index (χ3v) is 10.1. The highest BCUT2D eigenvalue weighted by molar-refractivity contribution is 7.93. The molecule has 1 aliphatic carbocycles. The number of benzene rings is 2. The molecule has 6 rings (SSSR count). The van der Waals surface area contributed by atoms with Crippen molar-refractivity contribution in [3.8, 4) is 17.0 Å². The normalized spacial score (nSPS) is 17.8. The lowest BCUT2D eigenvalue weighted by Gasteiger charge is -2.32. The van der Waals surface area contributed by atoms with Gasteiger partial charge < -0.3 is 19.9 Å². The van der Waals surface area contributed by atoms with Crippen LogP contribution in [0.25, 0.3) is 22.2 Å². The van der Waals surface area contributed by atoms with Gasteiger partial charge in [0.15, 0.2) is 0 Å². The maximum atomic E-state index is 12.8. The van der Waals surface area contributed by atoms with Crippen molar-refractivity contribution >= 4 is 49.6 Å². The number of ether oxygens (including phenoxy) is 1. The van der Waals surface area contributed by atoms with Gasteiger partial charge in [-0.05, 0) is 43.9 Å². The molecule has 1 saturated carbocycles.